The molecule has 51 heavy (non-hydrogen) atoms. The molecular weight excluding hydrogens is 623 g/mol. The molecule has 9 aromatic carbocycles. The molecule has 0 N–H and O–H groups in total. The van der Waals surface area contributed by atoms with Gasteiger partial charge in [-0.1, -0.05) is 109 Å². The number of anilines is 3. The number of rotatable bonds is 4. The van der Waals surface area contributed by atoms with Gasteiger partial charge in [0.15, 0.2) is 11.6 Å². The van der Waals surface area contributed by atoms with Gasteiger partial charge in [0.05, 0.1) is 11.3 Å². The summed E-state index contributed by atoms with van der Waals surface area (Å²) in [5, 5.41) is 11.2. The van der Waals surface area contributed by atoms with Gasteiger partial charge in [0.1, 0.15) is 0 Å². The summed E-state index contributed by atoms with van der Waals surface area (Å²) in [5.74, 6) is -0.435. The quantitative estimate of drug-likeness (QED) is 0.108. The van der Waals surface area contributed by atoms with Crippen LogP contribution in [0.5, 0.6) is 0 Å². The van der Waals surface area contributed by atoms with Crippen LogP contribution < -0.4 is 4.90 Å². The zero-order valence-corrected chi connectivity index (χ0v) is 27.5. The molecule has 0 saturated heterocycles. The molecule has 0 amide bonds. The standard InChI is InChI=1S/C48H29NO2/c50-47-43-28-34-11-3-4-12-35(34)29-44(43)48(51)45(47)23-30-16-17-38-26-40(20-18-36(38)22-30)49(46-15-7-13-31-8-5-6-14-42(31)46)41-21-19-37-24-32-9-1-2-10-33(32)25-39(37)27-41/h1-29H. The van der Waals surface area contributed by atoms with Crippen LogP contribution in [-0.4, -0.2) is 11.6 Å². The number of benzene rings is 9. The molecule has 0 aliphatic heterocycles. The van der Waals surface area contributed by atoms with Gasteiger partial charge in [-0.3, -0.25) is 9.59 Å². The van der Waals surface area contributed by atoms with E-state index in [1.807, 2.05) is 42.5 Å². The van der Waals surface area contributed by atoms with Gasteiger partial charge in [-0.15, -0.1) is 0 Å². The van der Waals surface area contributed by atoms with Crippen molar-refractivity contribution < 1.29 is 9.59 Å². The van der Waals surface area contributed by atoms with Crippen molar-refractivity contribution in [2.45, 2.75) is 0 Å². The van der Waals surface area contributed by atoms with E-state index in [0.29, 0.717) is 11.1 Å². The van der Waals surface area contributed by atoms with Crippen LogP contribution in [0.4, 0.5) is 17.1 Å². The van der Waals surface area contributed by atoms with Crippen molar-refractivity contribution in [2.24, 2.45) is 0 Å². The number of carbonyl (C=O) groups excluding carboxylic acids is 2. The van der Waals surface area contributed by atoms with Crippen LogP contribution >= 0.6 is 0 Å². The molecule has 0 atom stereocenters. The fourth-order valence-electron chi connectivity index (χ4n) is 7.68. The molecule has 10 rings (SSSR count). The highest BCUT2D eigenvalue weighted by Crippen LogP contribution is 2.41. The van der Waals surface area contributed by atoms with E-state index >= 15 is 0 Å². The van der Waals surface area contributed by atoms with E-state index in [-0.39, 0.29) is 17.1 Å². The Balaban J connectivity index is 1.07. The number of hydrogen-bond acceptors (Lipinski definition) is 3. The van der Waals surface area contributed by atoms with E-state index in [4.69, 9.17) is 0 Å². The van der Waals surface area contributed by atoms with Crippen LogP contribution in [0.15, 0.2) is 175 Å². The Morgan fingerprint density at radius 2 is 0.843 bits per heavy atom. The second-order valence-corrected chi connectivity index (χ2v) is 13.3. The van der Waals surface area contributed by atoms with Crippen LogP contribution in [0.3, 0.4) is 0 Å². The van der Waals surface area contributed by atoms with Crippen molar-refractivity contribution in [1.29, 1.82) is 0 Å². The average molecular weight is 652 g/mol. The summed E-state index contributed by atoms with van der Waals surface area (Å²) >= 11 is 0. The van der Waals surface area contributed by atoms with Crippen molar-refractivity contribution in [3.63, 3.8) is 0 Å². The van der Waals surface area contributed by atoms with Crippen molar-refractivity contribution in [1.82, 2.24) is 0 Å². The van der Waals surface area contributed by atoms with Crippen LogP contribution in [0.2, 0.25) is 0 Å². The number of carbonyl (C=O) groups is 2. The van der Waals surface area contributed by atoms with E-state index in [0.717, 1.165) is 44.2 Å². The first-order valence-electron chi connectivity index (χ1n) is 17.2. The molecule has 0 saturated carbocycles. The molecule has 0 unspecified atom stereocenters. The molecule has 0 heterocycles. The van der Waals surface area contributed by atoms with Crippen molar-refractivity contribution in [3.05, 3.63) is 192 Å². The Hall–Kier alpha value is -6.84. The zero-order chi connectivity index (χ0) is 34.1. The monoisotopic (exact) mass is 651 g/mol. The highest BCUT2D eigenvalue weighted by atomic mass is 16.2. The summed E-state index contributed by atoms with van der Waals surface area (Å²) in [5.41, 5.74) is 5.18. The molecule has 0 bridgehead atoms. The second-order valence-electron chi connectivity index (χ2n) is 13.3. The van der Waals surface area contributed by atoms with Gasteiger partial charge in [0, 0.05) is 27.9 Å². The summed E-state index contributed by atoms with van der Waals surface area (Å²) in [6.45, 7) is 0. The molecule has 0 radical (unpaired) electrons. The minimum absolute atomic E-state index is 0.211. The molecule has 238 valence electrons. The Kier molecular flexibility index (Phi) is 6.49. The summed E-state index contributed by atoms with van der Waals surface area (Å²) < 4.78 is 0. The summed E-state index contributed by atoms with van der Waals surface area (Å²) in [4.78, 5) is 29.2. The maximum atomic E-state index is 13.5. The lowest BCUT2D eigenvalue weighted by Crippen LogP contribution is -2.10. The van der Waals surface area contributed by atoms with Crippen molar-refractivity contribution >= 4 is 88.6 Å². The van der Waals surface area contributed by atoms with E-state index in [1.165, 1.54) is 32.3 Å². The Morgan fingerprint density at radius 3 is 1.51 bits per heavy atom. The van der Waals surface area contributed by atoms with Gasteiger partial charge < -0.3 is 4.90 Å². The first kappa shape index (κ1) is 29.1. The third kappa shape index (κ3) is 4.82. The fourth-order valence-corrected chi connectivity index (χ4v) is 7.68. The lowest BCUT2D eigenvalue weighted by atomic mass is 10.0. The summed E-state index contributed by atoms with van der Waals surface area (Å²) in [7, 11) is 0. The molecule has 3 nitrogen and oxygen atoms in total. The van der Waals surface area contributed by atoms with Gasteiger partial charge in [-0.05, 0) is 121 Å². The van der Waals surface area contributed by atoms with Crippen LogP contribution in [-0.2, 0) is 0 Å². The third-order valence-electron chi connectivity index (χ3n) is 10.2. The predicted octanol–water partition coefficient (Wildman–Crippen LogP) is 12.4. The normalized spacial score (nSPS) is 12.7. The molecular formula is C48H29NO2. The van der Waals surface area contributed by atoms with Crippen molar-refractivity contribution in [3.8, 4) is 0 Å². The van der Waals surface area contributed by atoms with Gasteiger partial charge in [0.25, 0.3) is 0 Å². The Bertz CT molecular complexity index is 2910. The minimum atomic E-state index is -0.217. The maximum absolute atomic E-state index is 13.5. The first-order valence-corrected chi connectivity index (χ1v) is 17.2. The molecule has 1 aliphatic carbocycles. The zero-order valence-electron chi connectivity index (χ0n) is 27.5. The third-order valence-corrected chi connectivity index (χ3v) is 10.2. The summed E-state index contributed by atoms with van der Waals surface area (Å²) in [6, 6.07) is 58.8. The molecule has 1 aliphatic rings. The molecule has 0 aromatic heterocycles. The maximum Gasteiger partial charge on any atom is 0.197 e. The number of nitrogens with zero attached hydrogens (tertiary/aromatic N) is 1. The van der Waals surface area contributed by atoms with Gasteiger partial charge >= 0.3 is 0 Å². The number of ketones is 2. The largest absolute Gasteiger partial charge is 0.310 e. The molecule has 0 spiro atoms. The smallest absolute Gasteiger partial charge is 0.197 e. The lowest BCUT2D eigenvalue weighted by molar-refractivity contribution is 0.0990. The molecule has 0 fully saturated rings. The number of hydrogen-bond donors (Lipinski definition) is 0. The lowest BCUT2D eigenvalue weighted by Gasteiger charge is -2.27. The van der Waals surface area contributed by atoms with Gasteiger partial charge in [-0.2, -0.15) is 0 Å². The number of Topliss-reactive ketones (excluding diaryl/α,β-unsaturated/α-hetero) is 2. The van der Waals surface area contributed by atoms with Crippen molar-refractivity contribution in [2.75, 3.05) is 4.90 Å². The van der Waals surface area contributed by atoms with E-state index in [9.17, 15) is 9.59 Å². The molecule has 3 heteroatoms. The number of allylic oxidation sites excluding steroid dienone is 1. The first-order chi connectivity index (χ1) is 25.1. The topological polar surface area (TPSA) is 37.4 Å². The Labute approximate surface area is 294 Å². The van der Waals surface area contributed by atoms with Gasteiger partial charge in [-0.25, -0.2) is 0 Å². The average Bonchev–Trinajstić information content (AvgIpc) is 3.40. The van der Waals surface area contributed by atoms with E-state index in [1.54, 1.807) is 6.08 Å². The van der Waals surface area contributed by atoms with Crippen LogP contribution in [0, 0.1) is 0 Å². The van der Waals surface area contributed by atoms with Gasteiger partial charge in [0.2, 0.25) is 0 Å². The summed E-state index contributed by atoms with van der Waals surface area (Å²) in [6.07, 6.45) is 1.74. The van der Waals surface area contributed by atoms with E-state index in [2.05, 4.69) is 132 Å². The minimum Gasteiger partial charge on any atom is -0.310 e. The highest BCUT2D eigenvalue weighted by molar-refractivity contribution is 6.42. The van der Waals surface area contributed by atoms with Crippen LogP contribution in [0.25, 0.3) is 59.9 Å². The fraction of sp³-hybridized carbons (Fsp3) is 0. The highest BCUT2D eigenvalue weighted by Gasteiger charge is 2.33. The van der Waals surface area contributed by atoms with E-state index < -0.39 is 0 Å². The predicted molar refractivity (Wildman–Crippen MR) is 212 cm³/mol. The molecule has 9 aromatic rings. The SMILES string of the molecule is O=C1C(=Cc2ccc3cc(N(c4ccc5cc6ccccc6cc5c4)c4cccc5ccccc45)ccc3c2)C(=O)c2cc3ccccc3cc21. The number of fused-ring (bicyclic) bond motifs is 6. The van der Waals surface area contributed by atoms with Crippen LogP contribution in [0.1, 0.15) is 26.3 Å². The Morgan fingerprint density at radius 1 is 0.373 bits per heavy atom. The second kappa shape index (κ2) is 11.4.